The Morgan fingerprint density at radius 1 is 1.35 bits per heavy atom. The number of aromatic amines is 1. The summed E-state index contributed by atoms with van der Waals surface area (Å²) in [4.78, 5) is 12.9. The zero-order valence-electron chi connectivity index (χ0n) is 13.8. The van der Waals surface area contributed by atoms with Crippen molar-refractivity contribution in [3.8, 4) is 11.4 Å². The number of hydrogen-bond donors (Lipinski definition) is 1. The van der Waals surface area contributed by atoms with Crippen LogP contribution in [0.25, 0.3) is 28.5 Å². The highest BCUT2D eigenvalue weighted by atomic mass is 15.1. The summed E-state index contributed by atoms with van der Waals surface area (Å²) in [5, 5.41) is 1.19. The molecule has 0 bridgehead atoms. The van der Waals surface area contributed by atoms with Crippen LogP contribution in [0.3, 0.4) is 0 Å². The molecule has 0 amide bonds. The summed E-state index contributed by atoms with van der Waals surface area (Å²) >= 11 is 0. The summed E-state index contributed by atoms with van der Waals surface area (Å²) < 4.78 is 2.36. The lowest BCUT2D eigenvalue weighted by Crippen LogP contribution is -2.04. The topological polar surface area (TPSA) is 46.5 Å². The van der Waals surface area contributed by atoms with Crippen LogP contribution < -0.4 is 0 Å². The van der Waals surface area contributed by atoms with Gasteiger partial charge in [-0.25, -0.2) is 9.97 Å². The second-order valence-corrected chi connectivity index (χ2v) is 6.45. The fourth-order valence-electron chi connectivity index (χ4n) is 3.13. The van der Waals surface area contributed by atoms with Gasteiger partial charge in [0.25, 0.3) is 0 Å². The first kappa shape index (κ1) is 14.2. The van der Waals surface area contributed by atoms with E-state index in [0.29, 0.717) is 0 Å². The predicted molar refractivity (Wildman–Crippen MR) is 94.2 cm³/mol. The number of aryl methyl sites for hydroxylation is 2. The highest BCUT2D eigenvalue weighted by Gasteiger charge is 2.25. The van der Waals surface area contributed by atoms with Gasteiger partial charge in [-0.15, -0.1) is 0 Å². The van der Waals surface area contributed by atoms with Crippen molar-refractivity contribution in [1.82, 2.24) is 19.5 Å². The normalized spacial score (nSPS) is 14.5. The molecule has 1 fully saturated rings. The van der Waals surface area contributed by atoms with E-state index in [9.17, 15) is 0 Å². The number of nitrogens with zero attached hydrogens (tertiary/aromatic N) is 3. The quantitative estimate of drug-likeness (QED) is 0.761. The van der Waals surface area contributed by atoms with Crippen LogP contribution in [0.4, 0.5) is 0 Å². The first-order chi connectivity index (χ1) is 11.2. The van der Waals surface area contributed by atoms with E-state index < -0.39 is 0 Å². The average molecular weight is 306 g/mol. The van der Waals surface area contributed by atoms with Crippen LogP contribution in [-0.4, -0.2) is 19.5 Å². The van der Waals surface area contributed by atoms with Crippen molar-refractivity contribution in [2.45, 2.75) is 39.7 Å². The molecule has 23 heavy (non-hydrogen) atoms. The second-order valence-electron chi connectivity index (χ2n) is 6.45. The van der Waals surface area contributed by atoms with E-state index >= 15 is 0 Å². The third-order valence-corrected chi connectivity index (χ3v) is 4.64. The summed E-state index contributed by atoms with van der Waals surface area (Å²) in [6, 6.07) is 6.53. The number of imidazole rings is 1. The van der Waals surface area contributed by atoms with Gasteiger partial charge in [-0.05, 0) is 56.4 Å². The van der Waals surface area contributed by atoms with Gasteiger partial charge in [0.1, 0.15) is 17.2 Å². The minimum atomic E-state index is 0.787. The Labute approximate surface area is 136 Å². The minimum Gasteiger partial charge on any atom is -0.342 e. The van der Waals surface area contributed by atoms with Crippen molar-refractivity contribution in [1.29, 1.82) is 0 Å². The molecule has 3 heterocycles. The van der Waals surface area contributed by atoms with Crippen LogP contribution in [0.2, 0.25) is 0 Å². The fourth-order valence-corrected chi connectivity index (χ4v) is 3.13. The van der Waals surface area contributed by atoms with Gasteiger partial charge in [0, 0.05) is 23.3 Å². The molecule has 4 rings (SSSR count). The van der Waals surface area contributed by atoms with Crippen molar-refractivity contribution >= 4 is 17.1 Å². The predicted octanol–water partition coefficient (Wildman–Crippen LogP) is 4.35. The molecular weight excluding hydrogens is 284 g/mol. The molecule has 1 N–H and O–H groups in total. The molecule has 3 aromatic rings. The Kier molecular flexibility index (Phi) is 3.33. The molecule has 118 valence electrons. The van der Waals surface area contributed by atoms with E-state index in [2.05, 4.69) is 48.2 Å². The summed E-state index contributed by atoms with van der Waals surface area (Å²) in [6.45, 7) is 9.07. The van der Waals surface area contributed by atoms with Crippen molar-refractivity contribution in [3.05, 3.63) is 42.0 Å². The maximum atomic E-state index is 4.88. The smallest absolute Gasteiger partial charge is 0.140 e. The number of rotatable bonds is 5. The lowest BCUT2D eigenvalue weighted by atomic mass is 10.2. The maximum absolute atomic E-state index is 4.88. The van der Waals surface area contributed by atoms with Gasteiger partial charge in [0.2, 0.25) is 0 Å². The highest BCUT2D eigenvalue weighted by Crippen LogP contribution is 2.35. The van der Waals surface area contributed by atoms with Crippen molar-refractivity contribution < 1.29 is 0 Å². The number of pyridine rings is 1. The van der Waals surface area contributed by atoms with E-state index in [0.717, 1.165) is 53.1 Å². The van der Waals surface area contributed by atoms with Crippen LogP contribution in [0, 0.1) is 12.8 Å². The molecule has 0 atom stereocenters. The van der Waals surface area contributed by atoms with Crippen molar-refractivity contribution in [2.24, 2.45) is 5.92 Å². The maximum Gasteiger partial charge on any atom is 0.140 e. The molecule has 4 nitrogen and oxygen atoms in total. The molecular formula is C19H22N4. The van der Waals surface area contributed by atoms with Gasteiger partial charge in [-0.2, -0.15) is 0 Å². The third kappa shape index (κ3) is 2.48. The second kappa shape index (κ2) is 5.37. The van der Waals surface area contributed by atoms with Gasteiger partial charge in [0.05, 0.1) is 5.69 Å². The number of hydrogen-bond acceptors (Lipinski definition) is 2. The number of nitrogens with one attached hydrogen (secondary N) is 1. The Morgan fingerprint density at radius 2 is 2.17 bits per heavy atom. The van der Waals surface area contributed by atoms with Crippen LogP contribution in [-0.2, 0) is 13.0 Å². The SMILES string of the molecule is C=Cc1nc(-c2cc3ccc(CC)nc3n2CC2CC2)c(C)[nH]1. The Morgan fingerprint density at radius 3 is 2.83 bits per heavy atom. The van der Waals surface area contributed by atoms with Gasteiger partial charge < -0.3 is 9.55 Å². The molecule has 4 heteroatoms. The molecule has 1 aliphatic rings. The molecule has 0 aromatic carbocycles. The van der Waals surface area contributed by atoms with Crippen molar-refractivity contribution in [2.75, 3.05) is 0 Å². The third-order valence-electron chi connectivity index (χ3n) is 4.64. The molecule has 1 aliphatic carbocycles. The Bertz CT molecular complexity index is 880. The number of aromatic nitrogens is 4. The zero-order chi connectivity index (χ0) is 16.0. The Balaban J connectivity index is 1.93. The number of H-pyrrole nitrogens is 1. The summed E-state index contributed by atoms with van der Waals surface area (Å²) in [7, 11) is 0. The molecule has 3 aromatic heterocycles. The van der Waals surface area contributed by atoms with Crippen LogP contribution in [0.15, 0.2) is 24.8 Å². The van der Waals surface area contributed by atoms with Crippen LogP contribution >= 0.6 is 0 Å². The van der Waals surface area contributed by atoms with E-state index in [-0.39, 0.29) is 0 Å². The standard InChI is InChI=1S/C19H22N4/c1-4-15-9-8-14-10-16(18-12(3)20-17(5-2)22-18)23(19(14)21-15)11-13-6-7-13/h5,8-10,13H,2,4,6-7,11H2,1,3H3,(H,20,22). The molecule has 0 saturated heterocycles. The molecule has 0 radical (unpaired) electrons. The van der Waals surface area contributed by atoms with Crippen molar-refractivity contribution in [3.63, 3.8) is 0 Å². The van der Waals surface area contributed by atoms with Crippen LogP contribution in [0.1, 0.15) is 37.0 Å². The summed E-state index contributed by atoms with van der Waals surface area (Å²) in [5.41, 5.74) is 5.49. The lowest BCUT2D eigenvalue weighted by Gasteiger charge is -2.09. The van der Waals surface area contributed by atoms with Gasteiger partial charge in [-0.3, -0.25) is 0 Å². The number of fused-ring (bicyclic) bond motifs is 1. The fraction of sp³-hybridized carbons (Fsp3) is 0.368. The lowest BCUT2D eigenvalue weighted by molar-refractivity contribution is 0.646. The zero-order valence-corrected chi connectivity index (χ0v) is 13.8. The molecule has 0 aliphatic heterocycles. The van der Waals surface area contributed by atoms with Crippen LogP contribution in [0.5, 0.6) is 0 Å². The highest BCUT2D eigenvalue weighted by molar-refractivity contribution is 5.84. The Hall–Kier alpha value is -2.36. The molecule has 1 saturated carbocycles. The van der Waals surface area contributed by atoms with E-state index in [4.69, 9.17) is 9.97 Å². The summed E-state index contributed by atoms with van der Waals surface area (Å²) in [6.07, 6.45) is 5.37. The average Bonchev–Trinajstić information content (AvgIpc) is 3.21. The van der Waals surface area contributed by atoms with Gasteiger partial charge in [0.15, 0.2) is 0 Å². The van der Waals surface area contributed by atoms with E-state index in [1.54, 1.807) is 6.08 Å². The first-order valence-electron chi connectivity index (χ1n) is 8.38. The molecule has 0 unspecified atom stereocenters. The van der Waals surface area contributed by atoms with Gasteiger partial charge in [-0.1, -0.05) is 13.5 Å². The summed E-state index contributed by atoms with van der Waals surface area (Å²) in [5.74, 6) is 1.61. The van der Waals surface area contributed by atoms with E-state index in [1.807, 2.05) is 0 Å². The molecule has 0 spiro atoms. The minimum absolute atomic E-state index is 0.787. The van der Waals surface area contributed by atoms with E-state index in [1.165, 1.54) is 18.2 Å². The monoisotopic (exact) mass is 306 g/mol. The first-order valence-corrected chi connectivity index (χ1v) is 8.38. The largest absolute Gasteiger partial charge is 0.342 e. The van der Waals surface area contributed by atoms with Gasteiger partial charge >= 0.3 is 0 Å².